The Morgan fingerprint density at radius 2 is 1.87 bits per heavy atom. The van der Waals surface area contributed by atoms with Crippen LogP contribution in [-0.2, 0) is 4.79 Å². The van der Waals surface area contributed by atoms with E-state index in [4.69, 9.17) is 21.1 Å². The number of nitrogens with zero attached hydrogens (tertiary/aromatic N) is 5. The lowest BCUT2D eigenvalue weighted by atomic mass is 9.76. The number of carboxylic acid groups (broad SMARTS) is 1. The highest BCUT2D eigenvalue weighted by molar-refractivity contribution is 6.30. The molecule has 2 aliphatic heterocycles. The van der Waals surface area contributed by atoms with E-state index in [9.17, 15) is 23.1 Å². The number of aliphatic carboxylic acids is 1. The highest BCUT2D eigenvalue weighted by Gasteiger charge is 2.46. The highest BCUT2D eigenvalue weighted by Crippen LogP contribution is 2.43. The average molecular weight is 643 g/mol. The molecule has 2 aromatic heterocycles. The van der Waals surface area contributed by atoms with Gasteiger partial charge in [0.1, 0.15) is 17.6 Å². The number of anilines is 1. The number of alkyl halides is 3. The van der Waals surface area contributed by atoms with E-state index in [2.05, 4.69) is 20.4 Å². The zero-order valence-electron chi connectivity index (χ0n) is 24.2. The Bertz CT molecular complexity index is 1680. The first-order valence-electron chi connectivity index (χ1n) is 14.4. The van der Waals surface area contributed by atoms with Crippen molar-refractivity contribution in [1.29, 1.82) is 0 Å². The lowest BCUT2D eigenvalue weighted by molar-refractivity contribution is -0.198. The number of aromatic nitrogens is 4. The molecule has 236 valence electrons. The number of piperidine rings is 1. The summed E-state index contributed by atoms with van der Waals surface area (Å²) in [6, 6.07) is 15.0. The van der Waals surface area contributed by atoms with E-state index in [0.29, 0.717) is 56.2 Å². The molecule has 0 bridgehead atoms. The van der Waals surface area contributed by atoms with Crippen molar-refractivity contribution in [3.63, 3.8) is 0 Å². The van der Waals surface area contributed by atoms with Gasteiger partial charge in [-0.15, -0.1) is 0 Å². The Morgan fingerprint density at radius 1 is 1.11 bits per heavy atom. The summed E-state index contributed by atoms with van der Waals surface area (Å²) in [7, 11) is 0. The van der Waals surface area contributed by atoms with Gasteiger partial charge in [0.25, 0.3) is 0 Å². The Kier molecular flexibility index (Phi) is 8.31. The summed E-state index contributed by atoms with van der Waals surface area (Å²) in [4.78, 5) is 22.2. The number of carboxylic acids is 1. The van der Waals surface area contributed by atoms with Crippen LogP contribution in [0, 0.1) is 12.3 Å². The number of rotatable bonds is 8. The van der Waals surface area contributed by atoms with Gasteiger partial charge >= 0.3 is 18.2 Å². The largest absolute Gasteiger partial charge is 0.480 e. The summed E-state index contributed by atoms with van der Waals surface area (Å²) in [6.45, 7) is 3.34. The minimum Gasteiger partial charge on any atom is -0.480 e. The summed E-state index contributed by atoms with van der Waals surface area (Å²) in [5, 5.41) is 17.0. The Balaban J connectivity index is 1.33. The molecule has 10 nitrogen and oxygen atoms in total. The summed E-state index contributed by atoms with van der Waals surface area (Å²) in [6.07, 6.45) is -3.84. The topological polar surface area (TPSA) is 115 Å². The molecule has 2 atom stereocenters. The van der Waals surface area contributed by atoms with Crippen LogP contribution >= 0.6 is 11.6 Å². The van der Waals surface area contributed by atoms with Crippen molar-refractivity contribution in [3.8, 4) is 23.3 Å². The van der Waals surface area contributed by atoms with Crippen LogP contribution in [0.5, 0.6) is 17.6 Å². The molecule has 0 saturated carbocycles. The van der Waals surface area contributed by atoms with Crippen LogP contribution < -0.4 is 19.7 Å². The van der Waals surface area contributed by atoms with E-state index in [1.165, 1.54) is 28.9 Å². The van der Waals surface area contributed by atoms with E-state index < -0.39 is 24.3 Å². The van der Waals surface area contributed by atoms with Crippen LogP contribution in [0.1, 0.15) is 36.6 Å². The standard InChI is InChI=1S/C31H30ClF3N6O4/c1-19-9-12-41(39-19)24-15-20(32)7-8-22(24)27(31(33,34)35)45-26-16-25(37-29(38-26)44-21-5-3-2-4-6-21)40-13-10-30(11-14-40)17-23(28(42)43)36-18-30/h2-9,12,15-16,23,27,36H,10-11,13-14,17-18H2,1H3,(H,42,43)/t23?,27-/m1/s1. The van der Waals surface area contributed by atoms with Crippen molar-refractivity contribution >= 4 is 23.4 Å². The molecule has 0 radical (unpaired) electrons. The maximum absolute atomic E-state index is 14.7. The van der Waals surface area contributed by atoms with Crippen molar-refractivity contribution in [1.82, 2.24) is 25.1 Å². The first kappa shape index (κ1) is 30.7. The number of hydrogen-bond donors (Lipinski definition) is 2. The van der Waals surface area contributed by atoms with E-state index in [-0.39, 0.29) is 33.6 Å². The van der Waals surface area contributed by atoms with Crippen molar-refractivity contribution in [3.05, 3.63) is 83.1 Å². The van der Waals surface area contributed by atoms with Gasteiger partial charge in [0.15, 0.2) is 0 Å². The van der Waals surface area contributed by atoms with E-state index in [0.717, 1.165) is 0 Å². The molecule has 1 spiro atoms. The third-order valence-corrected chi connectivity index (χ3v) is 8.44. The summed E-state index contributed by atoms with van der Waals surface area (Å²) in [5.41, 5.74) is 0.345. The molecule has 45 heavy (non-hydrogen) atoms. The van der Waals surface area contributed by atoms with Crippen LogP contribution in [0.3, 0.4) is 0 Å². The van der Waals surface area contributed by atoms with Crippen LogP contribution in [0.2, 0.25) is 5.02 Å². The fourth-order valence-electron chi connectivity index (χ4n) is 5.85. The smallest absolute Gasteiger partial charge is 0.429 e. The molecule has 2 fully saturated rings. The van der Waals surface area contributed by atoms with E-state index in [1.807, 2.05) is 4.90 Å². The van der Waals surface area contributed by atoms with Gasteiger partial charge in [-0.3, -0.25) is 4.79 Å². The molecule has 2 aromatic carbocycles. The van der Waals surface area contributed by atoms with Crippen molar-refractivity contribution < 1.29 is 32.5 Å². The summed E-state index contributed by atoms with van der Waals surface area (Å²) >= 11 is 6.19. The molecule has 4 aromatic rings. The summed E-state index contributed by atoms with van der Waals surface area (Å²) in [5.74, 6) is -0.474. The second-order valence-electron chi connectivity index (χ2n) is 11.4. The van der Waals surface area contributed by atoms with Crippen LogP contribution in [-0.4, -0.2) is 62.7 Å². The Hall–Kier alpha value is -4.36. The third-order valence-electron chi connectivity index (χ3n) is 8.21. The van der Waals surface area contributed by atoms with Crippen LogP contribution in [0.15, 0.2) is 66.9 Å². The van der Waals surface area contributed by atoms with E-state index >= 15 is 0 Å². The molecule has 4 heterocycles. The number of aryl methyl sites for hydroxylation is 1. The number of para-hydroxylation sites is 1. The van der Waals surface area contributed by atoms with Crippen molar-refractivity contribution in [2.75, 3.05) is 24.5 Å². The SMILES string of the molecule is Cc1ccn(-c2cc(Cl)ccc2[C@@H](Oc2cc(N3CCC4(CC3)CNC(C(=O)O)C4)nc(Oc3ccccc3)n2)C(F)(F)F)n1. The van der Waals surface area contributed by atoms with E-state index in [1.54, 1.807) is 49.5 Å². The Morgan fingerprint density at radius 3 is 2.51 bits per heavy atom. The van der Waals surface area contributed by atoms with Gasteiger partial charge in [0, 0.05) is 42.5 Å². The molecule has 14 heteroatoms. The maximum Gasteiger partial charge on any atom is 0.429 e. The van der Waals surface area contributed by atoms with Gasteiger partial charge in [0.05, 0.1) is 11.4 Å². The van der Waals surface area contributed by atoms with Crippen molar-refractivity contribution in [2.24, 2.45) is 5.41 Å². The predicted octanol–water partition coefficient (Wildman–Crippen LogP) is 6.13. The predicted molar refractivity (Wildman–Crippen MR) is 159 cm³/mol. The highest BCUT2D eigenvalue weighted by atomic mass is 35.5. The first-order chi connectivity index (χ1) is 21.5. The summed E-state index contributed by atoms with van der Waals surface area (Å²) < 4.78 is 57.0. The monoisotopic (exact) mass is 642 g/mol. The molecule has 1 unspecified atom stereocenters. The molecule has 2 saturated heterocycles. The number of benzene rings is 2. The maximum atomic E-state index is 14.7. The molecule has 2 aliphatic rings. The van der Waals surface area contributed by atoms with Gasteiger partial charge in [-0.1, -0.05) is 35.9 Å². The van der Waals surface area contributed by atoms with Gasteiger partial charge in [-0.2, -0.15) is 28.2 Å². The number of ether oxygens (including phenoxy) is 2. The third kappa shape index (κ3) is 6.84. The second kappa shape index (κ2) is 12.2. The number of carbonyl (C=O) groups is 1. The minimum atomic E-state index is -4.84. The molecule has 0 aliphatic carbocycles. The van der Waals surface area contributed by atoms with Crippen LogP contribution in [0.4, 0.5) is 19.0 Å². The lowest BCUT2D eigenvalue weighted by Gasteiger charge is -2.39. The fourth-order valence-corrected chi connectivity index (χ4v) is 6.02. The molecular formula is C31H30ClF3N6O4. The average Bonchev–Trinajstić information content (AvgIpc) is 3.63. The number of hydrogen-bond acceptors (Lipinski definition) is 8. The normalized spacial score (nSPS) is 18.6. The first-order valence-corrected chi connectivity index (χ1v) is 14.7. The van der Waals surface area contributed by atoms with Gasteiger partial charge in [0.2, 0.25) is 12.0 Å². The number of nitrogens with one attached hydrogen (secondary N) is 1. The zero-order valence-corrected chi connectivity index (χ0v) is 24.9. The molecule has 0 amide bonds. The molecule has 2 N–H and O–H groups in total. The lowest BCUT2D eigenvalue weighted by Crippen LogP contribution is -2.41. The van der Waals surface area contributed by atoms with Crippen molar-refractivity contribution in [2.45, 2.75) is 44.5 Å². The second-order valence-corrected chi connectivity index (χ2v) is 11.8. The minimum absolute atomic E-state index is 0.110. The molecular weight excluding hydrogens is 613 g/mol. The zero-order chi connectivity index (χ0) is 31.8. The number of halogens is 4. The Labute approximate surface area is 261 Å². The van der Waals surface area contributed by atoms with Crippen LogP contribution in [0.25, 0.3) is 5.69 Å². The van der Waals surface area contributed by atoms with Gasteiger partial charge in [-0.25, -0.2) is 4.68 Å². The molecule has 6 rings (SSSR count). The van der Waals surface area contributed by atoms with Gasteiger partial charge in [-0.05, 0) is 61.9 Å². The fraction of sp³-hybridized carbons (Fsp3) is 0.355. The quantitative estimate of drug-likeness (QED) is 0.234. The van der Waals surface area contributed by atoms with Gasteiger partial charge < -0.3 is 24.8 Å².